The summed E-state index contributed by atoms with van der Waals surface area (Å²) in [4.78, 5) is 16.2. The minimum Gasteiger partial charge on any atom is -0.861 e. The van der Waals surface area contributed by atoms with Crippen LogP contribution in [-0.2, 0) is 25.7 Å². The zero-order valence-corrected chi connectivity index (χ0v) is 19.9. The number of carbonyl (C=O) groups is 1. The van der Waals surface area contributed by atoms with Crippen molar-refractivity contribution in [2.75, 3.05) is 10.6 Å². The van der Waals surface area contributed by atoms with Gasteiger partial charge in [0.25, 0.3) is 6.20 Å². The van der Waals surface area contributed by atoms with Crippen LogP contribution in [0, 0.1) is 0 Å². The Bertz CT molecular complexity index is 1420. The standard InChI is InChI=1S/C26H23F3N6O3/c27-26(28,29)20-11-21(31-23(36)10-17-4-2-1-3-5-17)13-22(12-20)32-25(37)33-24-16-35(34-38-24)15-19-8-6-18(14-30)7-9-19/h1-9,11-13,16H,10,14-15,30H2,(H2-,31,32,33,34,36,37). The van der Waals surface area contributed by atoms with E-state index in [0.29, 0.717) is 18.7 Å². The highest BCUT2D eigenvalue weighted by molar-refractivity contribution is 5.99. The monoisotopic (exact) mass is 524 g/mol. The van der Waals surface area contributed by atoms with Gasteiger partial charge in [-0.15, -0.1) is 0 Å². The van der Waals surface area contributed by atoms with Gasteiger partial charge in [0.2, 0.25) is 11.8 Å². The van der Waals surface area contributed by atoms with Crippen LogP contribution in [0.15, 0.2) is 88.5 Å². The number of hydrogen-bond acceptors (Lipinski definition) is 6. The summed E-state index contributed by atoms with van der Waals surface area (Å²) in [6.45, 7) is 0.777. The Morgan fingerprint density at radius 2 is 1.71 bits per heavy atom. The van der Waals surface area contributed by atoms with Crippen LogP contribution in [0.4, 0.5) is 35.2 Å². The normalized spacial score (nSPS) is 11.8. The number of nitrogens with two attached hydrogens (primary N) is 1. The first kappa shape index (κ1) is 26.4. The second-order valence-corrected chi connectivity index (χ2v) is 8.30. The van der Waals surface area contributed by atoms with Crippen molar-refractivity contribution in [3.05, 3.63) is 101 Å². The molecule has 0 aliphatic rings. The predicted octanol–water partition coefficient (Wildman–Crippen LogP) is 3.76. The molecule has 0 saturated heterocycles. The molecule has 0 atom stereocenters. The van der Waals surface area contributed by atoms with Gasteiger partial charge in [-0.05, 0) is 39.9 Å². The molecule has 1 heterocycles. The van der Waals surface area contributed by atoms with Crippen molar-refractivity contribution in [1.82, 2.24) is 5.27 Å². The number of aromatic nitrogens is 2. The minimum absolute atomic E-state index is 0.0315. The van der Waals surface area contributed by atoms with E-state index in [1.807, 2.05) is 24.3 Å². The summed E-state index contributed by atoms with van der Waals surface area (Å²) in [5, 5.41) is 20.8. The Balaban J connectivity index is 1.45. The Kier molecular flexibility index (Phi) is 8.02. The molecule has 4 rings (SSSR count). The van der Waals surface area contributed by atoms with Crippen molar-refractivity contribution in [2.24, 2.45) is 10.7 Å². The molecular weight excluding hydrogens is 501 g/mol. The number of hydrogen-bond donors (Lipinski definition) is 3. The fourth-order valence-corrected chi connectivity index (χ4v) is 3.52. The molecule has 196 valence electrons. The van der Waals surface area contributed by atoms with E-state index in [-0.39, 0.29) is 23.7 Å². The van der Waals surface area contributed by atoms with E-state index >= 15 is 0 Å². The van der Waals surface area contributed by atoms with Crippen molar-refractivity contribution in [1.29, 1.82) is 0 Å². The lowest BCUT2D eigenvalue weighted by molar-refractivity contribution is -0.754. The number of nitrogens with zero attached hydrogens (tertiary/aromatic N) is 3. The van der Waals surface area contributed by atoms with Gasteiger partial charge in [0.05, 0.1) is 11.3 Å². The lowest BCUT2D eigenvalue weighted by atomic mass is 10.1. The van der Waals surface area contributed by atoms with Crippen LogP contribution in [0.3, 0.4) is 0 Å². The lowest BCUT2D eigenvalue weighted by Crippen LogP contribution is -2.35. The molecule has 4 aromatic rings. The van der Waals surface area contributed by atoms with Crippen LogP contribution in [0.1, 0.15) is 22.3 Å². The van der Waals surface area contributed by atoms with Crippen LogP contribution in [0.5, 0.6) is 0 Å². The first-order valence-corrected chi connectivity index (χ1v) is 11.4. The molecular formula is C26H23F3N6O3. The van der Waals surface area contributed by atoms with Crippen molar-refractivity contribution < 1.29 is 32.3 Å². The van der Waals surface area contributed by atoms with Gasteiger partial charge in [0.15, 0.2) is 0 Å². The molecule has 38 heavy (non-hydrogen) atoms. The van der Waals surface area contributed by atoms with Crippen molar-refractivity contribution in [3.8, 4) is 0 Å². The second-order valence-electron chi connectivity index (χ2n) is 8.30. The predicted molar refractivity (Wildman–Crippen MR) is 131 cm³/mol. The quantitative estimate of drug-likeness (QED) is 0.183. The maximum Gasteiger partial charge on any atom is 0.416 e. The highest BCUT2D eigenvalue weighted by Crippen LogP contribution is 2.34. The van der Waals surface area contributed by atoms with Gasteiger partial charge in [0.1, 0.15) is 0 Å². The number of alkyl halides is 3. The molecule has 9 nitrogen and oxygen atoms in total. The van der Waals surface area contributed by atoms with E-state index in [0.717, 1.165) is 23.3 Å². The number of halogens is 3. The molecule has 0 aliphatic heterocycles. The van der Waals surface area contributed by atoms with Crippen molar-refractivity contribution in [2.45, 2.75) is 25.7 Å². The zero-order chi connectivity index (χ0) is 27.1. The number of carbonyl (C=O) groups excluding carboxylic acids is 1. The summed E-state index contributed by atoms with van der Waals surface area (Å²) in [7, 11) is 0. The van der Waals surface area contributed by atoms with E-state index in [2.05, 4.69) is 20.9 Å². The number of anilines is 2. The van der Waals surface area contributed by atoms with Gasteiger partial charge in [-0.1, -0.05) is 54.6 Å². The summed E-state index contributed by atoms with van der Waals surface area (Å²) in [6, 6.07) is 18.0. The molecule has 0 radical (unpaired) electrons. The molecule has 12 heteroatoms. The maximum absolute atomic E-state index is 13.5. The number of benzene rings is 3. The molecule has 0 unspecified atom stereocenters. The average Bonchev–Trinajstić information content (AvgIpc) is 3.30. The third kappa shape index (κ3) is 7.40. The average molecular weight is 525 g/mol. The van der Waals surface area contributed by atoms with E-state index in [1.54, 1.807) is 30.3 Å². The number of aliphatic imine (C=N–C) groups is 1. The van der Waals surface area contributed by atoms with Crippen molar-refractivity contribution in [3.63, 3.8) is 0 Å². The largest absolute Gasteiger partial charge is 0.861 e. The molecule has 0 spiro atoms. The van der Waals surface area contributed by atoms with Crippen LogP contribution >= 0.6 is 0 Å². The molecule has 0 saturated carbocycles. The van der Waals surface area contributed by atoms with Crippen LogP contribution in [-0.4, -0.2) is 17.2 Å². The highest BCUT2D eigenvalue weighted by atomic mass is 19.4. The van der Waals surface area contributed by atoms with Gasteiger partial charge < -0.3 is 16.2 Å². The molecule has 1 aromatic heterocycles. The molecule has 4 N–H and O–H groups in total. The Morgan fingerprint density at radius 3 is 2.39 bits per heavy atom. The number of urea groups is 1. The topological polar surface area (TPSA) is 132 Å². The summed E-state index contributed by atoms with van der Waals surface area (Å²) in [5.74, 6) is -0.661. The Hall–Kier alpha value is -4.71. The van der Waals surface area contributed by atoms with E-state index in [9.17, 15) is 23.1 Å². The van der Waals surface area contributed by atoms with Crippen LogP contribution in [0.2, 0.25) is 0 Å². The van der Waals surface area contributed by atoms with Crippen LogP contribution in [0.25, 0.3) is 0 Å². The molecule has 0 fully saturated rings. The van der Waals surface area contributed by atoms with Gasteiger partial charge in [-0.2, -0.15) is 13.2 Å². The Morgan fingerprint density at radius 1 is 1.00 bits per heavy atom. The first-order chi connectivity index (χ1) is 18.2. The second kappa shape index (κ2) is 11.6. The SMILES string of the molecule is NCc1ccc(C[n+]2cc(NC(=O)Nc3cc(N=C([O-])Cc4ccccc4)cc(C(F)(F)F)c3)on2)cc1. The van der Waals surface area contributed by atoms with Crippen LogP contribution < -0.4 is 26.2 Å². The number of nitrogens with one attached hydrogen (secondary N) is 2. The van der Waals surface area contributed by atoms with Crippen molar-refractivity contribution >= 4 is 29.2 Å². The van der Waals surface area contributed by atoms with E-state index < -0.39 is 23.7 Å². The van der Waals surface area contributed by atoms with E-state index in [4.69, 9.17) is 10.3 Å². The summed E-state index contributed by atoms with van der Waals surface area (Å²) < 4.78 is 46.9. The summed E-state index contributed by atoms with van der Waals surface area (Å²) >= 11 is 0. The smallest absolute Gasteiger partial charge is 0.416 e. The molecule has 0 bridgehead atoms. The zero-order valence-electron chi connectivity index (χ0n) is 19.9. The summed E-state index contributed by atoms with van der Waals surface area (Å²) in [6.07, 6.45) is -3.38. The molecule has 3 aromatic carbocycles. The van der Waals surface area contributed by atoms with Gasteiger partial charge in [0, 0.05) is 24.2 Å². The van der Waals surface area contributed by atoms with Gasteiger partial charge >= 0.3 is 18.1 Å². The molecule has 2 amide bonds. The fourth-order valence-electron chi connectivity index (χ4n) is 3.52. The third-order valence-electron chi connectivity index (χ3n) is 5.31. The number of rotatable bonds is 8. The number of amides is 2. The Labute approximate surface area is 215 Å². The molecule has 0 aliphatic carbocycles. The van der Waals surface area contributed by atoms with E-state index in [1.165, 1.54) is 16.9 Å². The van der Waals surface area contributed by atoms with Gasteiger partial charge in [-0.25, -0.2) is 4.79 Å². The highest BCUT2D eigenvalue weighted by Gasteiger charge is 2.31. The third-order valence-corrected chi connectivity index (χ3v) is 5.31. The minimum atomic E-state index is -4.72. The fraction of sp³-hybridized carbons (Fsp3) is 0.154. The maximum atomic E-state index is 13.5. The summed E-state index contributed by atoms with van der Waals surface area (Å²) in [5.41, 5.74) is 6.63. The lowest BCUT2D eigenvalue weighted by Gasteiger charge is -2.14. The first-order valence-electron chi connectivity index (χ1n) is 11.4. The van der Waals surface area contributed by atoms with Gasteiger partial charge in [-0.3, -0.25) is 14.8 Å².